The van der Waals surface area contributed by atoms with Crippen LogP contribution < -0.4 is 15.5 Å². The number of aromatic nitrogens is 1. The molecule has 2 saturated heterocycles. The van der Waals surface area contributed by atoms with Gasteiger partial charge in [0.05, 0.1) is 0 Å². The molecule has 1 atom stereocenters. The molecule has 0 saturated carbocycles. The van der Waals surface area contributed by atoms with Gasteiger partial charge in [-0.3, -0.25) is 19.3 Å². The van der Waals surface area contributed by atoms with Gasteiger partial charge in [-0.15, -0.1) is 11.3 Å². The highest BCUT2D eigenvalue weighted by molar-refractivity contribution is 7.11. The van der Waals surface area contributed by atoms with Crippen LogP contribution >= 0.6 is 11.3 Å². The SMILES string of the molecule is CC(=O)Nc1ccc(Nc2cccc(N3CC(N4CCN(C(=O)c5nccs5)CC4)CC3=O)c2)cc1. The molecule has 0 spiro atoms. The zero-order valence-electron chi connectivity index (χ0n) is 20.0. The second-order valence-corrected chi connectivity index (χ2v) is 9.86. The minimum Gasteiger partial charge on any atom is -0.355 e. The van der Waals surface area contributed by atoms with Crippen LogP contribution in [0, 0.1) is 0 Å². The van der Waals surface area contributed by atoms with Crippen LogP contribution in [0.4, 0.5) is 22.7 Å². The second kappa shape index (κ2) is 10.5. The fourth-order valence-corrected chi connectivity index (χ4v) is 5.30. The molecule has 186 valence electrons. The van der Waals surface area contributed by atoms with E-state index in [1.54, 1.807) is 6.20 Å². The van der Waals surface area contributed by atoms with Gasteiger partial charge in [0.15, 0.2) is 5.01 Å². The summed E-state index contributed by atoms with van der Waals surface area (Å²) in [7, 11) is 0. The number of nitrogens with zero attached hydrogens (tertiary/aromatic N) is 4. The van der Waals surface area contributed by atoms with Crippen LogP contribution in [-0.2, 0) is 9.59 Å². The first-order chi connectivity index (χ1) is 17.5. The van der Waals surface area contributed by atoms with E-state index in [4.69, 9.17) is 0 Å². The zero-order chi connectivity index (χ0) is 25.1. The van der Waals surface area contributed by atoms with Crippen molar-refractivity contribution in [1.82, 2.24) is 14.8 Å². The van der Waals surface area contributed by atoms with Gasteiger partial charge in [0.25, 0.3) is 5.91 Å². The van der Waals surface area contributed by atoms with Gasteiger partial charge in [-0.25, -0.2) is 4.98 Å². The first-order valence-corrected chi connectivity index (χ1v) is 12.8. The minimum absolute atomic E-state index is 0.0113. The lowest BCUT2D eigenvalue weighted by atomic mass is 10.2. The first-order valence-electron chi connectivity index (χ1n) is 11.9. The lowest BCUT2D eigenvalue weighted by Crippen LogP contribution is -2.52. The van der Waals surface area contributed by atoms with Crippen LogP contribution in [0.2, 0.25) is 0 Å². The van der Waals surface area contributed by atoms with Gasteiger partial charge in [-0.05, 0) is 42.5 Å². The van der Waals surface area contributed by atoms with Crippen LogP contribution in [0.3, 0.4) is 0 Å². The summed E-state index contributed by atoms with van der Waals surface area (Å²) in [6.07, 6.45) is 2.13. The summed E-state index contributed by atoms with van der Waals surface area (Å²) in [5, 5.41) is 8.46. The second-order valence-electron chi connectivity index (χ2n) is 8.96. The standard InChI is InChI=1S/C26H28N6O3S/c1-18(33)28-19-5-7-20(8-6-19)29-21-3-2-4-22(15-21)32-17-23(16-24(32)34)30-10-12-31(13-11-30)26(35)25-27-9-14-36-25/h2-9,14-15,23,29H,10-13,16-17H2,1H3,(H,28,33). The number of thiazole rings is 1. The van der Waals surface area contributed by atoms with Crippen molar-refractivity contribution in [3.63, 3.8) is 0 Å². The van der Waals surface area contributed by atoms with Crippen molar-refractivity contribution >= 4 is 51.8 Å². The van der Waals surface area contributed by atoms with E-state index in [2.05, 4.69) is 20.5 Å². The zero-order valence-corrected chi connectivity index (χ0v) is 20.8. The maximum absolute atomic E-state index is 12.9. The van der Waals surface area contributed by atoms with E-state index in [-0.39, 0.29) is 23.8 Å². The fraction of sp³-hybridized carbons (Fsp3) is 0.308. The summed E-state index contributed by atoms with van der Waals surface area (Å²) in [5.41, 5.74) is 3.37. The Balaban J connectivity index is 1.18. The molecule has 1 aromatic heterocycles. The number of piperazine rings is 1. The predicted octanol–water partition coefficient (Wildman–Crippen LogP) is 3.41. The molecule has 2 aliphatic heterocycles. The molecule has 10 heteroatoms. The van der Waals surface area contributed by atoms with Crippen LogP contribution in [0.1, 0.15) is 23.1 Å². The Hall–Kier alpha value is -3.76. The van der Waals surface area contributed by atoms with Gasteiger partial charge in [0.1, 0.15) is 0 Å². The van der Waals surface area contributed by atoms with Gasteiger partial charge in [-0.2, -0.15) is 0 Å². The van der Waals surface area contributed by atoms with Crippen molar-refractivity contribution in [1.29, 1.82) is 0 Å². The molecule has 2 fully saturated rings. The van der Waals surface area contributed by atoms with Crippen molar-refractivity contribution in [2.45, 2.75) is 19.4 Å². The topological polar surface area (TPSA) is 97.9 Å². The van der Waals surface area contributed by atoms with Gasteiger partial charge in [0.2, 0.25) is 11.8 Å². The van der Waals surface area contributed by atoms with E-state index < -0.39 is 0 Å². The molecular formula is C26H28N6O3S. The Labute approximate surface area is 213 Å². The van der Waals surface area contributed by atoms with E-state index in [9.17, 15) is 14.4 Å². The molecule has 0 aliphatic carbocycles. The van der Waals surface area contributed by atoms with Crippen LogP contribution in [0.5, 0.6) is 0 Å². The number of carbonyl (C=O) groups is 3. The van der Waals surface area contributed by atoms with Crippen molar-refractivity contribution in [2.24, 2.45) is 0 Å². The maximum Gasteiger partial charge on any atom is 0.282 e. The number of anilines is 4. The molecule has 3 amide bonds. The lowest BCUT2D eigenvalue weighted by molar-refractivity contribution is -0.117. The molecule has 2 N–H and O–H groups in total. The first kappa shape index (κ1) is 24.0. The minimum atomic E-state index is -0.108. The Morgan fingerprint density at radius 1 is 1.00 bits per heavy atom. The quantitative estimate of drug-likeness (QED) is 0.534. The monoisotopic (exact) mass is 504 g/mol. The molecule has 1 unspecified atom stereocenters. The number of amides is 3. The third-order valence-electron chi connectivity index (χ3n) is 6.49. The number of benzene rings is 2. The van der Waals surface area contributed by atoms with Crippen molar-refractivity contribution in [2.75, 3.05) is 48.3 Å². The molecule has 5 rings (SSSR count). The molecule has 2 aliphatic rings. The van der Waals surface area contributed by atoms with Crippen LogP contribution in [-0.4, -0.2) is 71.3 Å². The molecule has 2 aromatic carbocycles. The molecule has 0 radical (unpaired) electrons. The summed E-state index contributed by atoms with van der Waals surface area (Å²) in [4.78, 5) is 46.9. The van der Waals surface area contributed by atoms with Gasteiger partial charge in [-0.1, -0.05) is 6.07 Å². The highest BCUT2D eigenvalue weighted by atomic mass is 32.1. The van der Waals surface area contributed by atoms with Gasteiger partial charge < -0.3 is 20.4 Å². The number of rotatable bonds is 6. The van der Waals surface area contributed by atoms with Crippen LogP contribution in [0.15, 0.2) is 60.1 Å². The Morgan fingerprint density at radius 3 is 2.44 bits per heavy atom. The molecule has 36 heavy (non-hydrogen) atoms. The van der Waals surface area contributed by atoms with Gasteiger partial charge in [0, 0.05) is 86.4 Å². The average Bonchev–Trinajstić information content (AvgIpc) is 3.55. The number of nitrogens with one attached hydrogen (secondary N) is 2. The van der Waals surface area contributed by atoms with Crippen molar-refractivity contribution < 1.29 is 14.4 Å². The normalized spacial score (nSPS) is 18.4. The average molecular weight is 505 g/mol. The summed E-state index contributed by atoms with van der Waals surface area (Å²) in [6, 6.07) is 15.4. The Kier molecular flexibility index (Phi) is 6.97. The molecule has 3 heterocycles. The Bertz CT molecular complexity index is 1240. The lowest BCUT2D eigenvalue weighted by Gasteiger charge is -2.37. The maximum atomic E-state index is 12.9. The summed E-state index contributed by atoms with van der Waals surface area (Å²) in [5.74, 6) is -0.0102. The third kappa shape index (κ3) is 5.39. The van der Waals surface area contributed by atoms with E-state index in [0.717, 1.165) is 35.8 Å². The summed E-state index contributed by atoms with van der Waals surface area (Å²) in [6.45, 7) is 4.89. The van der Waals surface area contributed by atoms with E-state index >= 15 is 0 Å². The summed E-state index contributed by atoms with van der Waals surface area (Å²) >= 11 is 1.37. The van der Waals surface area contributed by atoms with E-state index in [1.165, 1.54) is 18.3 Å². The van der Waals surface area contributed by atoms with Crippen LogP contribution in [0.25, 0.3) is 0 Å². The van der Waals surface area contributed by atoms with E-state index in [1.807, 2.05) is 63.7 Å². The van der Waals surface area contributed by atoms with E-state index in [0.29, 0.717) is 31.1 Å². The molecular weight excluding hydrogens is 476 g/mol. The Morgan fingerprint density at radius 2 is 1.75 bits per heavy atom. The summed E-state index contributed by atoms with van der Waals surface area (Å²) < 4.78 is 0. The highest BCUT2D eigenvalue weighted by Crippen LogP contribution is 2.29. The fourth-order valence-electron chi connectivity index (χ4n) is 4.70. The molecule has 9 nitrogen and oxygen atoms in total. The van der Waals surface area contributed by atoms with Crippen molar-refractivity contribution in [3.8, 4) is 0 Å². The number of carbonyl (C=O) groups excluding carboxylic acids is 3. The largest absolute Gasteiger partial charge is 0.355 e. The predicted molar refractivity (Wildman–Crippen MR) is 141 cm³/mol. The molecule has 3 aromatic rings. The highest BCUT2D eigenvalue weighted by Gasteiger charge is 2.36. The van der Waals surface area contributed by atoms with Gasteiger partial charge >= 0.3 is 0 Å². The smallest absolute Gasteiger partial charge is 0.282 e. The third-order valence-corrected chi connectivity index (χ3v) is 7.25. The number of hydrogen-bond donors (Lipinski definition) is 2. The molecule has 0 bridgehead atoms. The van der Waals surface area contributed by atoms with Crippen molar-refractivity contribution in [3.05, 3.63) is 65.1 Å². The number of hydrogen-bond acceptors (Lipinski definition) is 7.